The second-order valence-electron chi connectivity index (χ2n) is 19.9. The predicted octanol–water partition coefficient (Wildman–Crippen LogP) is 1.68. The lowest BCUT2D eigenvalue weighted by Gasteiger charge is -2.36. The Morgan fingerprint density at radius 2 is 0.986 bits per heavy atom. The quantitative estimate of drug-likeness (QED) is 0.159. The first-order chi connectivity index (χ1) is 35.1. The SMILES string of the molecule is CNC(C)C(=O)NC1CCC2(C(F)(F)F)NCC(O2)C(Cc2ccccc2)NC(=O)C2CCCN2C(=O)C(NC(=O)C(C)NC)CCC2(C(F)(F)F)NCC(O2)C(Cc2ccccc2)NC(=O)C2CCCN2C1=O. The van der Waals surface area contributed by atoms with E-state index in [2.05, 4.69) is 42.5 Å². The van der Waals surface area contributed by atoms with Crippen molar-refractivity contribution < 1.29 is 64.6 Å². The van der Waals surface area contributed by atoms with Crippen LogP contribution in [0.3, 0.4) is 0 Å². The summed E-state index contributed by atoms with van der Waals surface area (Å²) >= 11 is 0. The summed E-state index contributed by atoms with van der Waals surface area (Å²) in [6.45, 7) is 2.02. The van der Waals surface area contributed by atoms with Gasteiger partial charge in [-0.2, -0.15) is 26.3 Å². The third-order valence-electron chi connectivity index (χ3n) is 15.1. The van der Waals surface area contributed by atoms with Gasteiger partial charge >= 0.3 is 12.4 Å². The van der Waals surface area contributed by atoms with Gasteiger partial charge in [-0.1, -0.05) is 60.7 Å². The third kappa shape index (κ3) is 12.6. The molecule has 12 atom stereocenters. The highest BCUT2D eigenvalue weighted by atomic mass is 19.4. The normalized spacial score (nSPS) is 31.6. The number of fused-ring (bicyclic) bond motifs is 6. The molecule has 7 rings (SSSR count). The number of hydrogen-bond acceptors (Lipinski definition) is 12. The van der Waals surface area contributed by atoms with E-state index in [-0.39, 0.29) is 51.6 Å². The number of hydrogen-bond donors (Lipinski definition) is 8. The van der Waals surface area contributed by atoms with Crippen LogP contribution in [-0.2, 0) is 51.1 Å². The number of carbonyl (C=O) groups excluding carboxylic acids is 6. The van der Waals surface area contributed by atoms with Gasteiger partial charge in [-0.15, -0.1) is 0 Å². The van der Waals surface area contributed by atoms with E-state index in [0.29, 0.717) is 11.1 Å². The monoisotopic (exact) mass is 1050 g/mol. The van der Waals surface area contributed by atoms with Gasteiger partial charge in [-0.25, -0.2) is 0 Å². The van der Waals surface area contributed by atoms with Crippen molar-refractivity contribution in [1.82, 2.24) is 52.3 Å². The van der Waals surface area contributed by atoms with E-state index in [4.69, 9.17) is 9.47 Å². The molecule has 0 aromatic heterocycles. The minimum Gasteiger partial charge on any atom is -0.349 e. The van der Waals surface area contributed by atoms with Crippen LogP contribution in [-0.4, -0.2) is 170 Å². The lowest BCUT2D eigenvalue weighted by molar-refractivity contribution is -0.283. The van der Waals surface area contributed by atoms with Crippen molar-refractivity contribution in [2.75, 3.05) is 40.3 Å². The highest BCUT2D eigenvalue weighted by molar-refractivity contribution is 5.94. The lowest BCUT2D eigenvalue weighted by atomic mass is 9.99. The minimum atomic E-state index is -5.12. The van der Waals surface area contributed by atoms with E-state index < -0.39 is 159 Å². The smallest absolute Gasteiger partial charge is 0.349 e. The molecule has 2 aromatic rings. The van der Waals surface area contributed by atoms with Gasteiger partial charge in [0.05, 0.1) is 36.4 Å². The molecule has 5 aliphatic heterocycles. The minimum absolute atomic E-state index is 0.0308. The van der Waals surface area contributed by atoms with E-state index >= 15 is 26.3 Å². The highest BCUT2D eigenvalue weighted by Gasteiger charge is 2.63. The number of alkyl halides is 6. The molecule has 408 valence electrons. The number of benzene rings is 2. The van der Waals surface area contributed by atoms with Crippen LogP contribution in [0, 0.1) is 0 Å². The molecule has 5 heterocycles. The maximum Gasteiger partial charge on any atom is 0.431 e. The standard InChI is InChI=1S/C50H68F6N10O8/c1-29(57-3)41(67)61-33-19-21-47(49(51,52)53)59-27-39(73-47)35(25-31-13-7-5-8-14-31)64-44(70)38-18-12-24-66(38)46(72)34(62-42(68)30(2)58-4)20-22-48(50(54,55)56)60-28-40(74-48)36(26-32-15-9-6-10-16-32)63-43(69)37-17-11-23-65(37)45(33)71/h5-10,13-16,29-30,33-40,57-60H,11-12,17-28H2,1-4H3,(H,61,67)(H,62,68)(H,63,69)(H,64,70). The third-order valence-corrected chi connectivity index (χ3v) is 15.1. The molecule has 0 saturated carbocycles. The van der Waals surface area contributed by atoms with Crippen LogP contribution in [0.25, 0.3) is 0 Å². The summed E-state index contributed by atoms with van der Waals surface area (Å²) in [5.74, 6) is -4.67. The van der Waals surface area contributed by atoms with Crippen LogP contribution < -0.4 is 42.5 Å². The average molecular weight is 1050 g/mol. The molecule has 5 fully saturated rings. The number of nitrogens with zero attached hydrogens (tertiary/aromatic N) is 2. The van der Waals surface area contributed by atoms with Crippen LogP contribution in [0.2, 0.25) is 0 Å². The predicted molar refractivity (Wildman–Crippen MR) is 256 cm³/mol. The van der Waals surface area contributed by atoms with Crippen LogP contribution in [0.4, 0.5) is 26.3 Å². The number of halogens is 6. The largest absolute Gasteiger partial charge is 0.431 e. The number of carbonyl (C=O) groups is 6. The summed E-state index contributed by atoms with van der Waals surface area (Å²) in [4.78, 5) is 87.6. The van der Waals surface area contributed by atoms with Crippen molar-refractivity contribution in [2.24, 2.45) is 0 Å². The maximum atomic E-state index is 15.6. The Kier molecular flexibility index (Phi) is 18.0. The summed E-state index contributed by atoms with van der Waals surface area (Å²) in [7, 11) is 2.96. The first-order valence-corrected chi connectivity index (χ1v) is 25.3. The summed E-state index contributed by atoms with van der Waals surface area (Å²) in [6.07, 6.45) is -15.4. The number of rotatable bonds is 10. The molecule has 12 unspecified atom stereocenters. The van der Waals surface area contributed by atoms with Crippen molar-refractivity contribution in [3.05, 3.63) is 71.8 Å². The molecule has 18 nitrogen and oxygen atoms in total. The van der Waals surface area contributed by atoms with Gasteiger partial charge in [-0.05, 0) is 90.4 Å². The summed E-state index contributed by atoms with van der Waals surface area (Å²) in [5, 5.41) is 21.3. The molecule has 74 heavy (non-hydrogen) atoms. The Bertz CT molecular complexity index is 2150. The van der Waals surface area contributed by atoms with Crippen LogP contribution in [0.15, 0.2) is 60.7 Å². The van der Waals surface area contributed by atoms with Gasteiger partial charge in [0.2, 0.25) is 46.9 Å². The Morgan fingerprint density at radius 1 is 0.622 bits per heavy atom. The van der Waals surface area contributed by atoms with E-state index in [1.807, 2.05) is 0 Å². The second kappa shape index (κ2) is 23.6. The molecule has 6 amide bonds. The molecule has 4 bridgehead atoms. The zero-order chi connectivity index (χ0) is 53.6. The van der Waals surface area contributed by atoms with E-state index in [9.17, 15) is 28.8 Å². The van der Waals surface area contributed by atoms with Crippen LogP contribution >= 0.6 is 0 Å². The Morgan fingerprint density at radius 3 is 1.32 bits per heavy atom. The molecule has 0 aliphatic carbocycles. The van der Waals surface area contributed by atoms with Crippen LogP contribution in [0.5, 0.6) is 0 Å². The summed E-state index contributed by atoms with van der Waals surface area (Å²) in [5.41, 5.74) is -4.96. The Balaban J connectivity index is 1.30. The topological polar surface area (TPSA) is 224 Å². The van der Waals surface area contributed by atoms with Gasteiger partial charge in [-0.3, -0.25) is 39.4 Å². The Labute approximate surface area is 425 Å². The van der Waals surface area contributed by atoms with Crippen molar-refractivity contribution in [1.29, 1.82) is 0 Å². The number of ether oxygens (including phenoxy) is 2. The molecule has 0 radical (unpaired) electrons. The summed E-state index contributed by atoms with van der Waals surface area (Å²) in [6, 6.07) is 7.30. The molecule has 2 aromatic carbocycles. The van der Waals surface area contributed by atoms with Gasteiger partial charge in [0.1, 0.15) is 24.2 Å². The number of nitrogens with one attached hydrogen (secondary N) is 8. The molecule has 5 saturated heterocycles. The van der Waals surface area contributed by atoms with Crippen molar-refractivity contribution in [3.63, 3.8) is 0 Å². The first kappa shape index (κ1) is 56.3. The fraction of sp³-hybridized carbons (Fsp3) is 0.640. The number of likely N-dealkylation sites (N-methyl/N-ethyl adjacent to an activating group) is 2. The molecule has 24 heteroatoms. The Hall–Kier alpha value is -5.40. The lowest BCUT2D eigenvalue weighted by Crippen LogP contribution is -2.60. The maximum absolute atomic E-state index is 15.6. The van der Waals surface area contributed by atoms with E-state index in [1.54, 1.807) is 60.7 Å². The van der Waals surface area contributed by atoms with Crippen LogP contribution in [0.1, 0.15) is 76.3 Å². The second-order valence-corrected chi connectivity index (χ2v) is 19.9. The van der Waals surface area contributed by atoms with Gasteiger partial charge in [0.15, 0.2) is 0 Å². The van der Waals surface area contributed by atoms with Crippen molar-refractivity contribution in [2.45, 2.75) is 162 Å². The first-order valence-electron chi connectivity index (χ1n) is 25.3. The molecule has 0 spiro atoms. The summed E-state index contributed by atoms with van der Waals surface area (Å²) < 4.78 is 106. The van der Waals surface area contributed by atoms with Gasteiger partial charge < -0.3 is 51.2 Å². The fourth-order valence-electron chi connectivity index (χ4n) is 10.5. The van der Waals surface area contributed by atoms with E-state index in [0.717, 1.165) is 0 Å². The fourth-order valence-corrected chi connectivity index (χ4v) is 10.5. The zero-order valence-electron chi connectivity index (χ0n) is 41.9. The van der Waals surface area contributed by atoms with E-state index in [1.165, 1.54) is 37.7 Å². The molecular formula is C50H68F6N10O8. The van der Waals surface area contributed by atoms with Gasteiger partial charge in [0.25, 0.3) is 0 Å². The van der Waals surface area contributed by atoms with Crippen molar-refractivity contribution >= 4 is 35.4 Å². The van der Waals surface area contributed by atoms with Crippen molar-refractivity contribution in [3.8, 4) is 0 Å². The molecule has 8 N–H and O–H groups in total. The molecular weight excluding hydrogens is 983 g/mol. The molecule has 5 aliphatic rings. The van der Waals surface area contributed by atoms with Gasteiger partial charge in [0, 0.05) is 39.0 Å². The average Bonchev–Trinajstić information content (AvgIpc) is 4.22. The zero-order valence-corrected chi connectivity index (χ0v) is 41.9. The highest BCUT2D eigenvalue weighted by Crippen LogP contribution is 2.42. The number of amides is 6.